The van der Waals surface area contributed by atoms with E-state index in [4.69, 9.17) is 4.74 Å². The Labute approximate surface area is 208 Å². The van der Waals surface area contributed by atoms with Gasteiger partial charge in [0, 0.05) is 61.9 Å². The van der Waals surface area contributed by atoms with E-state index in [1.54, 1.807) is 6.20 Å². The lowest BCUT2D eigenvalue weighted by molar-refractivity contribution is 0.0585. The van der Waals surface area contributed by atoms with E-state index in [1.165, 1.54) is 34.3 Å². The molecule has 5 rings (SSSR count). The summed E-state index contributed by atoms with van der Waals surface area (Å²) in [6.07, 6.45) is 6.20. The van der Waals surface area contributed by atoms with Crippen molar-refractivity contribution in [2.75, 3.05) is 56.2 Å². The van der Waals surface area contributed by atoms with Gasteiger partial charge in [0.1, 0.15) is 0 Å². The molecule has 0 unspecified atom stereocenters. The first-order valence-corrected chi connectivity index (χ1v) is 12.9. The third-order valence-electron chi connectivity index (χ3n) is 7.82. The zero-order chi connectivity index (χ0) is 24.4. The molecule has 1 amide bonds. The van der Waals surface area contributed by atoms with Crippen LogP contribution in [-0.2, 0) is 11.3 Å². The van der Waals surface area contributed by atoms with E-state index in [0.717, 1.165) is 71.0 Å². The minimum atomic E-state index is -0.0477. The lowest BCUT2D eigenvalue weighted by atomic mass is 9.84. The van der Waals surface area contributed by atoms with Crippen LogP contribution in [-0.4, -0.2) is 77.1 Å². The molecule has 0 radical (unpaired) electrons. The molecule has 3 fully saturated rings. The quantitative estimate of drug-likeness (QED) is 0.699. The van der Waals surface area contributed by atoms with Crippen LogP contribution >= 0.6 is 0 Å². The summed E-state index contributed by atoms with van der Waals surface area (Å²) in [5, 5.41) is 7.43. The number of carbonyl (C=O) groups excluding carboxylic acids is 1. The molecule has 0 saturated carbocycles. The van der Waals surface area contributed by atoms with Crippen LogP contribution < -0.4 is 10.2 Å². The van der Waals surface area contributed by atoms with Gasteiger partial charge in [0.2, 0.25) is 0 Å². The summed E-state index contributed by atoms with van der Waals surface area (Å²) in [7, 11) is 0. The van der Waals surface area contributed by atoms with Crippen LogP contribution in [0.25, 0.3) is 0 Å². The molecule has 1 aromatic heterocycles. The lowest BCUT2D eigenvalue weighted by Crippen LogP contribution is -2.53. The van der Waals surface area contributed by atoms with Crippen LogP contribution in [0.1, 0.15) is 43.7 Å². The van der Waals surface area contributed by atoms with Crippen LogP contribution in [0.15, 0.2) is 42.7 Å². The first-order chi connectivity index (χ1) is 16.9. The highest BCUT2D eigenvalue weighted by atomic mass is 16.5. The summed E-state index contributed by atoms with van der Waals surface area (Å²) >= 11 is 0. The number of hydrogen-bond donors (Lipinski definition) is 1. The first-order valence-electron chi connectivity index (χ1n) is 12.9. The zero-order valence-electron chi connectivity index (χ0n) is 21.1. The summed E-state index contributed by atoms with van der Waals surface area (Å²) in [6, 6.07) is 8.72. The average molecular weight is 479 g/mol. The van der Waals surface area contributed by atoms with Gasteiger partial charge in [-0.15, -0.1) is 5.10 Å². The van der Waals surface area contributed by atoms with Gasteiger partial charge >= 0.3 is 6.03 Å². The number of rotatable bonds is 5. The van der Waals surface area contributed by atoms with Gasteiger partial charge in [0.05, 0.1) is 13.2 Å². The number of nitrogens with one attached hydrogen (secondary N) is 1. The Morgan fingerprint density at radius 3 is 2.60 bits per heavy atom. The number of carbonyl (C=O) groups is 1. The zero-order valence-corrected chi connectivity index (χ0v) is 21.1. The smallest absolute Gasteiger partial charge is 0.344 e. The van der Waals surface area contributed by atoms with Crippen molar-refractivity contribution in [3.05, 3.63) is 53.9 Å². The Bertz CT molecular complexity index is 1070. The van der Waals surface area contributed by atoms with E-state index in [-0.39, 0.29) is 11.6 Å². The predicted molar refractivity (Wildman–Crippen MR) is 139 cm³/mol. The van der Waals surface area contributed by atoms with Crippen LogP contribution in [0.2, 0.25) is 0 Å². The van der Waals surface area contributed by atoms with Gasteiger partial charge in [0.15, 0.2) is 5.82 Å². The molecule has 188 valence electrons. The number of amides is 1. The highest BCUT2D eigenvalue weighted by molar-refractivity contribution is 5.76. The average Bonchev–Trinajstić information content (AvgIpc) is 3.47. The van der Waals surface area contributed by atoms with Crippen LogP contribution in [0, 0.1) is 6.92 Å². The topological polar surface area (TPSA) is 65.9 Å². The number of hydrogen-bond acceptors (Lipinski definition) is 6. The van der Waals surface area contributed by atoms with Gasteiger partial charge < -0.3 is 19.9 Å². The second-order valence-corrected chi connectivity index (χ2v) is 10.3. The van der Waals surface area contributed by atoms with Crippen LogP contribution in [0.4, 0.5) is 16.3 Å². The van der Waals surface area contributed by atoms with E-state index >= 15 is 0 Å². The summed E-state index contributed by atoms with van der Waals surface area (Å²) < 4.78 is 6.95. The number of piperidine rings is 1. The normalized spacial score (nSPS) is 20.4. The third-order valence-corrected chi connectivity index (χ3v) is 7.82. The third kappa shape index (κ3) is 5.09. The molecule has 2 aromatic rings. The van der Waals surface area contributed by atoms with E-state index in [1.807, 2.05) is 17.9 Å². The van der Waals surface area contributed by atoms with E-state index in [9.17, 15) is 4.79 Å². The lowest BCUT2D eigenvalue weighted by Gasteiger charge is -2.45. The maximum atomic E-state index is 13.0. The fourth-order valence-electron chi connectivity index (χ4n) is 5.98. The summed E-state index contributed by atoms with van der Waals surface area (Å²) in [6.45, 7) is 15.1. The molecule has 1 spiro atoms. The van der Waals surface area contributed by atoms with Crippen LogP contribution in [0.3, 0.4) is 0 Å². The van der Waals surface area contributed by atoms with Gasteiger partial charge in [-0.25, -0.2) is 4.79 Å². The predicted octanol–water partition coefficient (Wildman–Crippen LogP) is 4.07. The van der Waals surface area contributed by atoms with Gasteiger partial charge in [-0.3, -0.25) is 4.90 Å². The number of likely N-dealkylation sites (tertiary alicyclic amines) is 2. The Kier molecular flexibility index (Phi) is 6.84. The van der Waals surface area contributed by atoms with E-state index in [0.29, 0.717) is 5.82 Å². The monoisotopic (exact) mass is 478 g/mol. The number of aromatic nitrogens is 2. The van der Waals surface area contributed by atoms with Crippen molar-refractivity contribution in [3.8, 4) is 0 Å². The van der Waals surface area contributed by atoms with Gasteiger partial charge in [-0.1, -0.05) is 18.7 Å². The minimum Gasteiger partial charge on any atom is -0.378 e. The molecule has 8 nitrogen and oxygen atoms in total. The van der Waals surface area contributed by atoms with Crippen molar-refractivity contribution >= 4 is 17.5 Å². The molecule has 4 heterocycles. The largest absolute Gasteiger partial charge is 0.378 e. The number of benzene rings is 1. The SMILES string of the molecule is C=C(C)Nc1ccn(C(=O)N2CCC3(CCCN3Cc3ccc(N4CCOCC4)c(C)c3)CC2)n1. The highest BCUT2D eigenvalue weighted by Crippen LogP contribution is 2.39. The van der Waals surface area contributed by atoms with Gasteiger partial charge in [0.25, 0.3) is 0 Å². The Morgan fingerprint density at radius 2 is 1.89 bits per heavy atom. The van der Waals surface area contributed by atoms with Crippen molar-refractivity contribution in [1.29, 1.82) is 0 Å². The number of ether oxygens (including phenoxy) is 1. The minimum absolute atomic E-state index is 0.0477. The Morgan fingerprint density at radius 1 is 1.11 bits per heavy atom. The van der Waals surface area contributed by atoms with E-state index in [2.05, 4.69) is 51.9 Å². The standard InChI is InChI=1S/C27H38N6O2/c1-21(2)28-25-7-12-33(29-25)26(34)31-13-9-27(10-14-31)8-4-11-32(27)20-23-5-6-24(22(3)19-23)30-15-17-35-18-16-30/h5-7,12,19H,1,4,8-11,13-18,20H2,2-3H3,(H,28,29). The van der Waals surface area contributed by atoms with Gasteiger partial charge in [-0.2, -0.15) is 4.68 Å². The summed E-state index contributed by atoms with van der Waals surface area (Å²) in [5.41, 5.74) is 5.06. The first kappa shape index (κ1) is 23.9. The van der Waals surface area contributed by atoms with Crippen molar-refractivity contribution in [3.63, 3.8) is 0 Å². The molecule has 3 saturated heterocycles. The number of morpholine rings is 1. The summed E-state index contributed by atoms with van der Waals surface area (Å²) in [5.74, 6) is 0.649. The molecule has 1 N–H and O–H groups in total. The second kappa shape index (κ2) is 10.0. The molecule has 0 bridgehead atoms. The maximum absolute atomic E-state index is 13.0. The van der Waals surface area contributed by atoms with Gasteiger partial charge in [-0.05, 0) is 63.3 Å². The molecule has 8 heteroatoms. The number of nitrogens with zero attached hydrogens (tertiary/aromatic N) is 5. The molecule has 3 aliphatic rings. The maximum Gasteiger partial charge on any atom is 0.344 e. The molecule has 0 aliphatic carbocycles. The van der Waals surface area contributed by atoms with Crippen molar-refractivity contribution < 1.29 is 9.53 Å². The van der Waals surface area contributed by atoms with Crippen molar-refractivity contribution in [2.45, 2.75) is 51.6 Å². The Balaban J connectivity index is 1.21. The highest BCUT2D eigenvalue weighted by Gasteiger charge is 2.43. The molecule has 3 aliphatic heterocycles. The van der Waals surface area contributed by atoms with Crippen molar-refractivity contribution in [1.82, 2.24) is 19.6 Å². The van der Waals surface area contributed by atoms with Crippen LogP contribution in [0.5, 0.6) is 0 Å². The molecular formula is C27H38N6O2. The second-order valence-electron chi connectivity index (χ2n) is 10.3. The molecule has 0 atom stereocenters. The Hall–Kier alpha value is -2.84. The number of aryl methyl sites for hydroxylation is 1. The summed E-state index contributed by atoms with van der Waals surface area (Å²) in [4.78, 5) is 20.1. The molecular weight excluding hydrogens is 440 g/mol. The van der Waals surface area contributed by atoms with E-state index < -0.39 is 0 Å². The van der Waals surface area contributed by atoms with Crippen molar-refractivity contribution in [2.24, 2.45) is 0 Å². The number of anilines is 2. The fourth-order valence-corrected chi connectivity index (χ4v) is 5.98. The number of allylic oxidation sites excluding steroid dienone is 1. The molecule has 1 aromatic carbocycles. The molecule has 35 heavy (non-hydrogen) atoms. The fraction of sp³-hybridized carbons (Fsp3) is 0.556.